The van der Waals surface area contributed by atoms with E-state index in [9.17, 15) is 14.7 Å². The lowest BCUT2D eigenvalue weighted by Crippen LogP contribution is -2.24. The molecule has 0 spiro atoms. The monoisotopic (exact) mass is 498 g/mol. The van der Waals surface area contributed by atoms with Gasteiger partial charge in [0.05, 0.1) is 23.2 Å². The maximum atomic E-state index is 12.3. The van der Waals surface area contributed by atoms with Crippen LogP contribution < -0.4 is 10.1 Å². The van der Waals surface area contributed by atoms with Gasteiger partial charge in [-0.1, -0.05) is 44.0 Å². The minimum Gasteiger partial charge on any atom is -0.497 e. The highest BCUT2D eigenvalue weighted by Gasteiger charge is 2.18. The van der Waals surface area contributed by atoms with E-state index < -0.39 is 0 Å². The molecule has 0 bridgehead atoms. The van der Waals surface area contributed by atoms with Crippen molar-refractivity contribution >= 4 is 40.0 Å². The molecule has 2 N–H and O–H groups in total. The van der Waals surface area contributed by atoms with Crippen LogP contribution in [0, 0.1) is 5.92 Å². The molecule has 0 radical (unpaired) electrons. The normalized spacial score (nSPS) is 11.5. The third kappa shape index (κ3) is 6.82. The van der Waals surface area contributed by atoms with E-state index in [1.165, 1.54) is 0 Å². The van der Waals surface area contributed by atoms with E-state index in [4.69, 9.17) is 16.3 Å². The molecule has 1 heterocycles. The second-order valence-electron chi connectivity index (χ2n) is 8.70. The number of benzene rings is 2. The lowest BCUT2D eigenvalue weighted by molar-refractivity contribution is -0.118. The first-order chi connectivity index (χ1) is 16.8. The van der Waals surface area contributed by atoms with E-state index in [0.717, 1.165) is 18.4 Å². The number of hydrogen-bond acceptors (Lipinski definition) is 5. The Labute approximate surface area is 209 Å². The molecule has 0 aliphatic carbocycles. The van der Waals surface area contributed by atoms with Crippen molar-refractivity contribution in [1.82, 2.24) is 9.88 Å². The van der Waals surface area contributed by atoms with Crippen LogP contribution in [-0.2, 0) is 11.3 Å². The first kappa shape index (κ1) is 26.2. The number of amides is 2. The van der Waals surface area contributed by atoms with Crippen LogP contribution in [0.3, 0.4) is 0 Å². The van der Waals surface area contributed by atoms with Crippen LogP contribution in [0.25, 0.3) is 10.9 Å². The van der Waals surface area contributed by atoms with Crippen molar-refractivity contribution in [3.8, 4) is 11.6 Å². The molecule has 2 amide bonds. The van der Waals surface area contributed by atoms with E-state index in [1.54, 1.807) is 42.0 Å². The summed E-state index contributed by atoms with van der Waals surface area (Å²) in [6.07, 6.45) is 2.33. The van der Waals surface area contributed by atoms with E-state index in [-0.39, 0.29) is 29.8 Å². The predicted octanol–water partition coefficient (Wildman–Crippen LogP) is 6.27. The largest absolute Gasteiger partial charge is 0.497 e. The quantitative estimate of drug-likeness (QED) is 0.240. The summed E-state index contributed by atoms with van der Waals surface area (Å²) in [5.74, 6) is 0.335. The van der Waals surface area contributed by atoms with Crippen molar-refractivity contribution in [2.24, 2.45) is 16.1 Å². The summed E-state index contributed by atoms with van der Waals surface area (Å²) in [6.45, 7) is 5.21. The summed E-state index contributed by atoms with van der Waals surface area (Å²) in [5, 5.41) is 22.6. The van der Waals surface area contributed by atoms with Gasteiger partial charge in [0.15, 0.2) is 5.69 Å². The average molecular weight is 499 g/mol. The van der Waals surface area contributed by atoms with E-state index in [2.05, 4.69) is 29.4 Å². The molecule has 0 fully saturated rings. The van der Waals surface area contributed by atoms with E-state index >= 15 is 0 Å². The molecule has 0 aliphatic rings. The number of ether oxygens (including phenoxy) is 1. The van der Waals surface area contributed by atoms with Gasteiger partial charge in [0, 0.05) is 24.9 Å². The van der Waals surface area contributed by atoms with Crippen LogP contribution in [0.4, 0.5) is 5.69 Å². The Morgan fingerprint density at radius 2 is 1.91 bits per heavy atom. The Morgan fingerprint density at radius 1 is 1.14 bits per heavy atom. The van der Waals surface area contributed by atoms with Gasteiger partial charge in [-0.15, -0.1) is 10.2 Å². The van der Waals surface area contributed by atoms with E-state index in [0.29, 0.717) is 47.2 Å². The van der Waals surface area contributed by atoms with Crippen LogP contribution in [0.5, 0.6) is 11.6 Å². The number of aromatic nitrogens is 1. The fraction of sp³-hybridized carbons (Fsp3) is 0.385. The molecule has 3 aromatic rings. The number of carbonyl (C=O) groups is 2. The van der Waals surface area contributed by atoms with E-state index in [1.807, 2.05) is 12.1 Å². The number of fused-ring (bicyclic) bond motifs is 1. The van der Waals surface area contributed by atoms with Crippen molar-refractivity contribution in [3.05, 3.63) is 53.1 Å². The number of nitrogens with one attached hydrogen (secondary N) is 1. The van der Waals surface area contributed by atoms with Crippen molar-refractivity contribution in [2.45, 2.75) is 46.1 Å². The summed E-state index contributed by atoms with van der Waals surface area (Å²) in [7, 11) is 1.57. The lowest BCUT2D eigenvalue weighted by atomic mass is 10.1. The molecule has 35 heavy (non-hydrogen) atoms. The molecule has 1 aromatic heterocycles. The molecule has 0 saturated heterocycles. The summed E-state index contributed by atoms with van der Waals surface area (Å²) < 4.78 is 7.07. The first-order valence-corrected chi connectivity index (χ1v) is 12.1. The molecule has 186 valence electrons. The van der Waals surface area contributed by atoms with Crippen molar-refractivity contribution in [1.29, 1.82) is 0 Å². The van der Waals surface area contributed by atoms with Gasteiger partial charge in [-0.2, -0.15) is 0 Å². The molecular weight excluding hydrogens is 468 g/mol. The molecule has 2 aromatic carbocycles. The molecule has 0 unspecified atom stereocenters. The Balaban J connectivity index is 1.53. The average Bonchev–Trinajstić information content (AvgIpc) is 3.09. The zero-order chi connectivity index (χ0) is 25.4. The van der Waals surface area contributed by atoms with Gasteiger partial charge in [0.1, 0.15) is 5.75 Å². The Morgan fingerprint density at radius 3 is 2.63 bits per heavy atom. The highest BCUT2D eigenvalue weighted by atomic mass is 35.5. The fourth-order valence-corrected chi connectivity index (χ4v) is 3.98. The lowest BCUT2D eigenvalue weighted by Gasteiger charge is -2.09. The van der Waals surface area contributed by atoms with Crippen LogP contribution in [-0.4, -0.2) is 35.1 Å². The zero-order valence-electron chi connectivity index (χ0n) is 20.3. The van der Waals surface area contributed by atoms with Crippen LogP contribution >= 0.6 is 11.6 Å². The van der Waals surface area contributed by atoms with Crippen LogP contribution in [0.1, 0.15) is 49.9 Å². The van der Waals surface area contributed by atoms with Gasteiger partial charge < -0.3 is 19.7 Å². The Kier molecular flexibility index (Phi) is 9.25. The molecule has 0 aliphatic heterocycles. The Hall–Kier alpha value is -3.39. The van der Waals surface area contributed by atoms with Crippen molar-refractivity contribution < 1.29 is 19.4 Å². The number of aromatic hydroxyl groups is 1. The molecule has 8 nitrogen and oxygen atoms in total. The maximum Gasteiger partial charge on any atom is 0.264 e. The third-order valence-corrected chi connectivity index (χ3v) is 5.83. The zero-order valence-corrected chi connectivity index (χ0v) is 21.0. The maximum absolute atomic E-state index is 12.3. The van der Waals surface area contributed by atoms with Crippen LogP contribution in [0.2, 0.25) is 5.02 Å². The topological polar surface area (TPSA) is 105 Å². The number of methoxy groups -OCH3 is 1. The number of nitrogens with zero attached hydrogens (tertiary/aromatic N) is 3. The second kappa shape index (κ2) is 12.4. The smallest absolute Gasteiger partial charge is 0.264 e. The molecule has 0 atom stereocenters. The number of carbonyl (C=O) groups excluding carboxylic acids is 2. The summed E-state index contributed by atoms with van der Waals surface area (Å²) in [4.78, 5) is 24.4. The number of halogens is 1. The number of azo groups is 1. The summed E-state index contributed by atoms with van der Waals surface area (Å²) >= 11 is 6.03. The van der Waals surface area contributed by atoms with Gasteiger partial charge >= 0.3 is 0 Å². The summed E-state index contributed by atoms with van der Waals surface area (Å²) in [5.41, 5.74) is 1.51. The van der Waals surface area contributed by atoms with Gasteiger partial charge in [-0.25, -0.2) is 0 Å². The van der Waals surface area contributed by atoms with Gasteiger partial charge in [0.25, 0.3) is 11.8 Å². The SMILES string of the molecule is COc1ccc2c(c1)c(N=NC(=O)CCCCCNC(=O)c1ccccc1Cl)c(O)n2CC(C)C. The molecule has 9 heteroatoms. The van der Waals surface area contributed by atoms with Crippen molar-refractivity contribution in [3.63, 3.8) is 0 Å². The fourth-order valence-electron chi connectivity index (χ4n) is 3.75. The van der Waals surface area contributed by atoms with Gasteiger partial charge in [-0.05, 0) is 49.1 Å². The minimum absolute atomic E-state index is 0.0206. The van der Waals surface area contributed by atoms with Gasteiger partial charge in [0.2, 0.25) is 5.88 Å². The molecule has 0 saturated carbocycles. The van der Waals surface area contributed by atoms with Crippen LogP contribution in [0.15, 0.2) is 52.7 Å². The third-order valence-electron chi connectivity index (χ3n) is 5.50. The Bertz CT molecular complexity index is 1220. The number of rotatable bonds is 11. The molecule has 3 rings (SSSR count). The summed E-state index contributed by atoms with van der Waals surface area (Å²) in [6, 6.07) is 12.4. The highest BCUT2D eigenvalue weighted by molar-refractivity contribution is 6.33. The van der Waals surface area contributed by atoms with Gasteiger partial charge in [-0.3, -0.25) is 9.59 Å². The molecular formula is C26H31ClN4O4. The highest BCUT2D eigenvalue weighted by Crippen LogP contribution is 2.41. The standard InChI is InChI=1S/C26H31ClN4O4/c1-17(2)16-31-22-13-12-18(35-3)15-20(22)24(26(31)34)30-29-23(32)11-5-4-8-14-28-25(33)19-9-6-7-10-21(19)27/h6-7,9-10,12-13,15,17,34H,4-5,8,11,14,16H2,1-3H3,(H,28,33). The predicted molar refractivity (Wildman–Crippen MR) is 137 cm³/mol. The number of unbranched alkanes of at least 4 members (excludes halogenated alkanes) is 2. The first-order valence-electron chi connectivity index (χ1n) is 11.7. The second-order valence-corrected chi connectivity index (χ2v) is 9.11. The minimum atomic E-state index is -0.364. The number of hydrogen-bond donors (Lipinski definition) is 2. The van der Waals surface area contributed by atoms with Crippen molar-refractivity contribution in [2.75, 3.05) is 13.7 Å².